The van der Waals surface area contributed by atoms with E-state index >= 15 is 0 Å². The number of hydrogen-bond donors (Lipinski definition) is 0. The molecule has 0 spiro atoms. The Bertz CT molecular complexity index is 1460. The molecule has 1 heterocycles. The van der Waals surface area contributed by atoms with Crippen LogP contribution < -0.4 is 0 Å². The third-order valence-corrected chi connectivity index (χ3v) is 8.58. The van der Waals surface area contributed by atoms with Crippen molar-refractivity contribution in [1.82, 2.24) is 9.80 Å². The maximum atomic E-state index is 14.7. The van der Waals surface area contributed by atoms with E-state index in [1.165, 1.54) is 39.4 Å². The number of carbonyl (C=O) groups excluding carboxylic acids is 1. The first-order valence-corrected chi connectivity index (χ1v) is 14.1. The predicted octanol–water partition coefficient (Wildman–Crippen LogP) is 6.67. The molecule has 0 bridgehead atoms. The van der Waals surface area contributed by atoms with E-state index in [4.69, 9.17) is 0 Å². The summed E-state index contributed by atoms with van der Waals surface area (Å²) in [4.78, 5) is 18.4. The molecule has 4 aromatic carbocycles. The number of aryl methyl sites for hydroxylation is 1. The molecular formula is C35H35FN2O. The second-order valence-electron chi connectivity index (χ2n) is 10.9. The van der Waals surface area contributed by atoms with E-state index in [0.717, 1.165) is 19.3 Å². The molecule has 1 aliphatic heterocycles. The maximum Gasteiger partial charge on any atom is 0.224 e. The number of benzene rings is 4. The third kappa shape index (κ3) is 5.26. The minimum atomic E-state index is -0.184. The van der Waals surface area contributed by atoms with E-state index in [2.05, 4.69) is 89.5 Å². The Kier molecular flexibility index (Phi) is 7.30. The van der Waals surface area contributed by atoms with Crippen molar-refractivity contribution < 1.29 is 9.18 Å². The van der Waals surface area contributed by atoms with Crippen molar-refractivity contribution in [3.63, 3.8) is 0 Å². The van der Waals surface area contributed by atoms with Gasteiger partial charge < -0.3 is 4.90 Å². The lowest BCUT2D eigenvalue weighted by Crippen LogP contribution is -2.43. The summed E-state index contributed by atoms with van der Waals surface area (Å²) in [6, 6.07) is 32.7. The fourth-order valence-corrected chi connectivity index (χ4v) is 6.48. The average molecular weight is 519 g/mol. The molecule has 0 saturated heterocycles. The Morgan fingerprint density at radius 1 is 0.821 bits per heavy atom. The van der Waals surface area contributed by atoms with Crippen molar-refractivity contribution in [3.05, 3.63) is 142 Å². The molecule has 1 atom stereocenters. The first-order valence-electron chi connectivity index (χ1n) is 14.1. The lowest BCUT2D eigenvalue weighted by atomic mass is 9.86. The van der Waals surface area contributed by atoms with Crippen LogP contribution in [0.4, 0.5) is 4.39 Å². The van der Waals surface area contributed by atoms with Gasteiger partial charge in [-0.05, 0) is 65.6 Å². The summed E-state index contributed by atoms with van der Waals surface area (Å²) in [5.41, 5.74) is 8.33. The highest BCUT2D eigenvalue weighted by Crippen LogP contribution is 2.37. The van der Waals surface area contributed by atoms with Crippen molar-refractivity contribution in [2.45, 2.75) is 51.2 Å². The van der Waals surface area contributed by atoms with Crippen molar-refractivity contribution in [2.75, 3.05) is 13.1 Å². The van der Waals surface area contributed by atoms with Crippen LogP contribution in [-0.4, -0.2) is 34.8 Å². The number of nitrogens with zero attached hydrogens (tertiary/aromatic N) is 2. The second-order valence-corrected chi connectivity index (χ2v) is 10.9. The van der Waals surface area contributed by atoms with Crippen LogP contribution in [0, 0.1) is 12.7 Å². The molecule has 0 fully saturated rings. The summed E-state index contributed by atoms with van der Waals surface area (Å²) in [5, 5.41) is 0. The van der Waals surface area contributed by atoms with Crippen LogP contribution in [-0.2, 0) is 30.6 Å². The first-order chi connectivity index (χ1) is 19.1. The number of hydrogen-bond acceptors (Lipinski definition) is 2. The van der Waals surface area contributed by atoms with Crippen LogP contribution in [0.1, 0.15) is 51.4 Å². The lowest BCUT2D eigenvalue weighted by molar-refractivity contribution is -0.133. The van der Waals surface area contributed by atoms with Crippen LogP contribution >= 0.6 is 0 Å². The van der Waals surface area contributed by atoms with Crippen molar-refractivity contribution in [3.8, 4) is 0 Å². The van der Waals surface area contributed by atoms with Crippen molar-refractivity contribution >= 4 is 5.91 Å². The number of halogens is 1. The van der Waals surface area contributed by atoms with E-state index in [1.54, 1.807) is 6.07 Å². The zero-order valence-corrected chi connectivity index (χ0v) is 22.5. The topological polar surface area (TPSA) is 23.6 Å². The first kappa shape index (κ1) is 25.5. The fourth-order valence-electron chi connectivity index (χ4n) is 6.48. The smallest absolute Gasteiger partial charge is 0.224 e. The molecule has 1 unspecified atom stereocenters. The van der Waals surface area contributed by atoms with E-state index in [0.29, 0.717) is 31.6 Å². The molecule has 1 amide bonds. The molecule has 6 rings (SSSR count). The predicted molar refractivity (Wildman–Crippen MR) is 154 cm³/mol. The monoisotopic (exact) mass is 518 g/mol. The number of carbonyl (C=O) groups is 1. The van der Waals surface area contributed by atoms with Crippen LogP contribution in [0.15, 0.2) is 97.1 Å². The Balaban J connectivity index is 1.25. The van der Waals surface area contributed by atoms with Crippen LogP contribution in [0.2, 0.25) is 0 Å². The van der Waals surface area contributed by atoms with Crippen LogP contribution in [0.3, 0.4) is 0 Å². The van der Waals surface area contributed by atoms with E-state index in [-0.39, 0.29) is 23.8 Å². The summed E-state index contributed by atoms with van der Waals surface area (Å²) in [5.74, 6) is -0.0246. The van der Waals surface area contributed by atoms with Gasteiger partial charge in [-0.25, -0.2) is 4.39 Å². The molecule has 0 radical (unpaired) electrons. The Morgan fingerprint density at radius 2 is 1.44 bits per heavy atom. The molecule has 1 aliphatic carbocycles. The summed E-state index contributed by atoms with van der Waals surface area (Å²) < 4.78 is 14.7. The fraction of sp³-hybridized carbons (Fsp3) is 0.286. The zero-order valence-electron chi connectivity index (χ0n) is 22.5. The molecule has 2 aliphatic rings. The summed E-state index contributed by atoms with van der Waals surface area (Å²) in [6.07, 6.45) is 3.14. The molecule has 0 N–H and O–H groups in total. The molecule has 3 nitrogen and oxygen atoms in total. The van der Waals surface area contributed by atoms with Gasteiger partial charge in [0.15, 0.2) is 0 Å². The van der Waals surface area contributed by atoms with Gasteiger partial charge >= 0.3 is 0 Å². The number of amides is 1. The molecular weight excluding hydrogens is 483 g/mol. The number of fused-ring (bicyclic) bond motifs is 2. The number of rotatable bonds is 7. The Hall–Kier alpha value is -3.76. The summed E-state index contributed by atoms with van der Waals surface area (Å²) >= 11 is 0. The van der Waals surface area contributed by atoms with Gasteiger partial charge in [0.2, 0.25) is 5.91 Å². The largest absolute Gasteiger partial charge is 0.331 e. The molecule has 4 aromatic rings. The van der Waals surface area contributed by atoms with E-state index in [1.807, 2.05) is 12.1 Å². The van der Waals surface area contributed by atoms with Gasteiger partial charge in [0.05, 0.1) is 6.04 Å². The summed E-state index contributed by atoms with van der Waals surface area (Å²) in [6.45, 7) is 3.94. The van der Waals surface area contributed by atoms with Crippen molar-refractivity contribution in [1.29, 1.82) is 0 Å². The highest BCUT2D eigenvalue weighted by Gasteiger charge is 2.33. The average Bonchev–Trinajstić information content (AvgIpc) is 3.40. The standard InChI is InChI=1S/C35H35FN2O/c1-25-10-2-7-15-31(25)35-32-16-8-5-11-26(32)18-21-38(35)34(39)19-20-37(24-29-14-6-9-17-33(29)36)30-22-27-12-3-4-13-28(27)23-30/h2-17,30,35H,18-24H2,1H3. The SMILES string of the molecule is Cc1ccccc1C1c2ccccc2CCN1C(=O)CCN(Cc1ccccc1F)C1Cc2ccccc2C1. The second kappa shape index (κ2) is 11.2. The molecule has 4 heteroatoms. The maximum absolute atomic E-state index is 14.7. The van der Waals surface area contributed by atoms with Gasteiger partial charge in [0.25, 0.3) is 0 Å². The van der Waals surface area contributed by atoms with Gasteiger partial charge in [0.1, 0.15) is 5.82 Å². The zero-order chi connectivity index (χ0) is 26.8. The van der Waals surface area contributed by atoms with Gasteiger partial charge in [-0.2, -0.15) is 0 Å². The van der Waals surface area contributed by atoms with Gasteiger partial charge in [-0.15, -0.1) is 0 Å². The minimum Gasteiger partial charge on any atom is -0.331 e. The summed E-state index contributed by atoms with van der Waals surface area (Å²) in [7, 11) is 0. The lowest BCUT2D eigenvalue weighted by Gasteiger charge is -2.39. The van der Waals surface area contributed by atoms with Crippen LogP contribution in [0.25, 0.3) is 0 Å². The normalized spacial score (nSPS) is 16.8. The van der Waals surface area contributed by atoms with Crippen LogP contribution in [0.5, 0.6) is 0 Å². The highest BCUT2D eigenvalue weighted by molar-refractivity contribution is 5.78. The Labute approximate surface area is 230 Å². The highest BCUT2D eigenvalue weighted by atomic mass is 19.1. The van der Waals surface area contributed by atoms with E-state index < -0.39 is 0 Å². The minimum absolute atomic E-state index is 0.0839. The van der Waals surface area contributed by atoms with Gasteiger partial charge in [0, 0.05) is 37.7 Å². The molecule has 0 aromatic heterocycles. The van der Waals surface area contributed by atoms with Crippen molar-refractivity contribution in [2.24, 2.45) is 0 Å². The van der Waals surface area contributed by atoms with E-state index in [9.17, 15) is 9.18 Å². The van der Waals surface area contributed by atoms with Gasteiger partial charge in [-0.1, -0.05) is 91.0 Å². The molecule has 198 valence electrons. The quantitative estimate of drug-likeness (QED) is 0.273. The third-order valence-electron chi connectivity index (χ3n) is 8.58. The van der Waals surface area contributed by atoms with Gasteiger partial charge in [-0.3, -0.25) is 9.69 Å². The Morgan fingerprint density at radius 3 is 2.15 bits per heavy atom. The molecule has 0 saturated carbocycles. The molecule has 39 heavy (non-hydrogen) atoms.